The lowest BCUT2D eigenvalue weighted by atomic mass is 9.92. The number of aliphatic hydroxyl groups excluding tert-OH is 1. The number of carboxylic acid groups (broad SMARTS) is 1. The van der Waals surface area contributed by atoms with Gasteiger partial charge in [-0.2, -0.15) is 0 Å². The molecule has 0 unspecified atom stereocenters. The molecule has 0 aromatic heterocycles. The van der Waals surface area contributed by atoms with Crippen LogP contribution in [0.4, 0.5) is 20.2 Å². The number of benzene rings is 2. The summed E-state index contributed by atoms with van der Waals surface area (Å²) in [6, 6.07) is 5.51. The van der Waals surface area contributed by atoms with Crippen molar-refractivity contribution in [3.8, 4) is 0 Å². The van der Waals surface area contributed by atoms with E-state index in [2.05, 4.69) is 33.2 Å². The summed E-state index contributed by atoms with van der Waals surface area (Å²) >= 11 is 2.11. The lowest BCUT2D eigenvalue weighted by molar-refractivity contribution is 0.0690. The fourth-order valence-electron chi connectivity index (χ4n) is 3.51. The lowest BCUT2D eigenvalue weighted by Crippen LogP contribution is -2.45. The number of rotatable bonds is 5. The number of carboxylic acids is 1. The minimum Gasteiger partial charge on any atom is -0.478 e. The summed E-state index contributed by atoms with van der Waals surface area (Å²) in [4.78, 5) is 24.3. The molecule has 0 radical (unpaired) electrons. The molecule has 160 valence electrons. The molecule has 4 N–H and O–H groups in total. The third kappa shape index (κ3) is 4.72. The standard InChI is InChI=1S/C21H21F2IN2O4/c1-10-8-11(24)6-7-14(10)25-19-13(9-12(21(29)30)17(22)18(19)23)20(28)26-15-4-2-3-5-16(15)27/h6-9,15-16,25,27H,2-5H2,1H3,(H,26,28)(H,29,30)/t15-,16-/m0/s1. The minimum absolute atomic E-state index is 0.345. The molecule has 1 saturated carbocycles. The molecule has 30 heavy (non-hydrogen) atoms. The fourth-order valence-corrected chi connectivity index (χ4v) is 4.16. The first-order valence-corrected chi connectivity index (χ1v) is 10.5. The van der Waals surface area contributed by atoms with E-state index in [1.165, 1.54) is 0 Å². The summed E-state index contributed by atoms with van der Waals surface area (Å²) in [5.41, 5.74) is -0.556. The first-order chi connectivity index (χ1) is 14.2. The number of carbonyl (C=O) groups is 2. The van der Waals surface area contributed by atoms with E-state index in [4.69, 9.17) is 0 Å². The number of aryl methyl sites for hydroxylation is 1. The van der Waals surface area contributed by atoms with Gasteiger partial charge >= 0.3 is 5.97 Å². The van der Waals surface area contributed by atoms with E-state index in [0.29, 0.717) is 18.5 Å². The number of anilines is 2. The zero-order valence-electron chi connectivity index (χ0n) is 16.1. The Kier molecular flexibility index (Phi) is 6.91. The number of carbonyl (C=O) groups excluding carboxylic acids is 1. The summed E-state index contributed by atoms with van der Waals surface area (Å²) in [6.45, 7) is 1.77. The highest BCUT2D eigenvalue weighted by Crippen LogP contribution is 2.31. The number of halogens is 3. The van der Waals surface area contributed by atoms with Gasteiger partial charge in [-0.3, -0.25) is 4.79 Å². The van der Waals surface area contributed by atoms with Gasteiger partial charge in [0.25, 0.3) is 5.91 Å². The average molecular weight is 530 g/mol. The normalized spacial score (nSPS) is 18.7. The van der Waals surface area contributed by atoms with Crippen LogP contribution in [0.3, 0.4) is 0 Å². The van der Waals surface area contributed by atoms with Gasteiger partial charge in [0.2, 0.25) is 0 Å². The molecule has 2 aromatic rings. The van der Waals surface area contributed by atoms with Gasteiger partial charge < -0.3 is 20.8 Å². The zero-order chi connectivity index (χ0) is 22.0. The van der Waals surface area contributed by atoms with Crippen LogP contribution in [0, 0.1) is 22.1 Å². The molecule has 3 rings (SSSR count). The summed E-state index contributed by atoms with van der Waals surface area (Å²) in [5.74, 6) is -5.48. The number of nitrogens with one attached hydrogen (secondary N) is 2. The summed E-state index contributed by atoms with van der Waals surface area (Å²) in [7, 11) is 0. The number of aliphatic hydroxyl groups is 1. The van der Waals surface area contributed by atoms with Crippen molar-refractivity contribution >= 4 is 45.8 Å². The van der Waals surface area contributed by atoms with Crippen LogP contribution in [0.15, 0.2) is 24.3 Å². The van der Waals surface area contributed by atoms with E-state index >= 15 is 0 Å². The Bertz CT molecular complexity index is 999. The van der Waals surface area contributed by atoms with Crippen LogP contribution in [0.1, 0.15) is 52.0 Å². The van der Waals surface area contributed by atoms with Gasteiger partial charge in [-0.15, -0.1) is 0 Å². The molecule has 1 amide bonds. The third-order valence-corrected chi connectivity index (χ3v) is 5.85. The highest BCUT2D eigenvalue weighted by Gasteiger charge is 2.29. The SMILES string of the molecule is Cc1cc(I)ccc1Nc1c(C(=O)N[C@H]2CCCC[C@@H]2O)cc(C(=O)O)c(F)c1F. The van der Waals surface area contributed by atoms with Crippen LogP contribution in [0.2, 0.25) is 0 Å². The highest BCUT2D eigenvalue weighted by atomic mass is 127. The van der Waals surface area contributed by atoms with E-state index in [1.807, 2.05) is 6.07 Å². The van der Waals surface area contributed by atoms with E-state index in [9.17, 15) is 28.6 Å². The van der Waals surface area contributed by atoms with Crippen LogP contribution >= 0.6 is 22.6 Å². The van der Waals surface area contributed by atoms with Crippen molar-refractivity contribution in [3.63, 3.8) is 0 Å². The molecule has 2 aromatic carbocycles. The Hall–Kier alpha value is -2.27. The number of hydrogen-bond donors (Lipinski definition) is 4. The van der Waals surface area contributed by atoms with Crippen molar-refractivity contribution in [1.29, 1.82) is 0 Å². The maximum Gasteiger partial charge on any atom is 0.338 e. The Balaban J connectivity index is 2.04. The van der Waals surface area contributed by atoms with E-state index in [-0.39, 0.29) is 5.56 Å². The molecule has 1 fully saturated rings. The molecule has 0 saturated heterocycles. The van der Waals surface area contributed by atoms with Crippen molar-refractivity contribution in [2.24, 2.45) is 0 Å². The monoisotopic (exact) mass is 530 g/mol. The van der Waals surface area contributed by atoms with Crippen LogP contribution in [-0.2, 0) is 0 Å². The van der Waals surface area contributed by atoms with Gasteiger partial charge in [0.05, 0.1) is 29.0 Å². The van der Waals surface area contributed by atoms with Gasteiger partial charge in [-0.1, -0.05) is 12.8 Å². The lowest BCUT2D eigenvalue weighted by Gasteiger charge is -2.28. The molecule has 0 bridgehead atoms. The topological polar surface area (TPSA) is 98.7 Å². The Morgan fingerprint density at radius 2 is 1.80 bits per heavy atom. The molecule has 2 atom stereocenters. The number of hydrogen-bond acceptors (Lipinski definition) is 4. The van der Waals surface area contributed by atoms with Crippen molar-refractivity contribution in [1.82, 2.24) is 5.32 Å². The number of amides is 1. The second-order valence-electron chi connectivity index (χ2n) is 7.30. The van der Waals surface area contributed by atoms with E-state index < -0.39 is 46.9 Å². The van der Waals surface area contributed by atoms with Crippen molar-refractivity contribution < 1.29 is 28.6 Å². The van der Waals surface area contributed by atoms with Crippen LogP contribution in [0.5, 0.6) is 0 Å². The van der Waals surface area contributed by atoms with Crippen LogP contribution in [0.25, 0.3) is 0 Å². The van der Waals surface area contributed by atoms with Gasteiger partial charge in [-0.05, 0) is 72.2 Å². The molecule has 9 heteroatoms. The molecule has 0 aliphatic heterocycles. The molecule has 0 heterocycles. The van der Waals surface area contributed by atoms with Crippen molar-refractivity contribution in [2.45, 2.75) is 44.8 Å². The maximum absolute atomic E-state index is 14.9. The quantitative estimate of drug-likeness (QED) is 0.431. The van der Waals surface area contributed by atoms with Crippen molar-refractivity contribution in [3.05, 3.63) is 56.2 Å². The molecule has 1 aliphatic carbocycles. The molecule has 6 nitrogen and oxygen atoms in total. The Labute approximate surface area is 185 Å². The average Bonchev–Trinajstić information content (AvgIpc) is 2.68. The van der Waals surface area contributed by atoms with E-state index in [0.717, 1.165) is 28.0 Å². The predicted octanol–water partition coefficient (Wildman–Crippen LogP) is 4.35. The second-order valence-corrected chi connectivity index (χ2v) is 8.54. The zero-order valence-corrected chi connectivity index (χ0v) is 18.3. The first kappa shape index (κ1) is 22.4. The predicted molar refractivity (Wildman–Crippen MR) is 116 cm³/mol. The first-order valence-electron chi connectivity index (χ1n) is 9.46. The van der Waals surface area contributed by atoms with Crippen molar-refractivity contribution in [2.75, 3.05) is 5.32 Å². The maximum atomic E-state index is 14.9. The smallest absolute Gasteiger partial charge is 0.338 e. The Morgan fingerprint density at radius 3 is 2.43 bits per heavy atom. The van der Waals surface area contributed by atoms with Gasteiger partial charge in [0, 0.05) is 9.26 Å². The molecular weight excluding hydrogens is 509 g/mol. The van der Waals surface area contributed by atoms with E-state index in [1.54, 1.807) is 19.1 Å². The van der Waals surface area contributed by atoms with Crippen LogP contribution in [-0.4, -0.2) is 34.2 Å². The largest absolute Gasteiger partial charge is 0.478 e. The fraction of sp³-hybridized carbons (Fsp3) is 0.333. The van der Waals surface area contributed by atoms with Crippen LogP contribution < -0.4 is 10.6 Å². The third-order valence-electron chi connectivity index (χ3n) is 5.18. The highest BCUT2D eigenvalue weighted by molar-refractivity contribution is 14.1. The molecule has 1 aliphatic rings. The summed E-state index contributed by atoms with van der Waals surface area (Å²) in [5, 5.41) is 24.7. The minimum atomic E-state index is -1.69. The Morgan fingerprint density at radius 1 is 1.10 bits per heavy atom. The summed E-state index contributed by atoms with van der Waals surface area (Å²) in [6.07, 6.45) is 1.97. The van der Waals surface area contributed by atoms with Gasteiger partial charge in [0.1, 0.15) is 0 Å². The second kappa shape index (κ2) is 9.25. The number of aromatic carboxylic acids is 1. The summed E-state index contributed by atoms with van der Waals surface area (Å²) < 4.78 is 30.2. The van der Waals surface area contributed by atoms with Gasteiger partial charge in [0.15, 0.2) is 11.6 Å². The molecular formula is C21H21F2IN2O4. The molecule has 0 spiro atoms. The van der Waals surface area contributed by atoms with Gasteiger partial charge in [-0.25, -0.2) is 13.6 Å².